The monoisotopic (exact) mass is 129 g/mol. The zero-order valence-corrected chi connectivity index (χ0v) is 5.52. The first-order valence-electron chi connectivity index (χ1n) is 2.54. The molecule has 2 heteroatoms. The summed E-state index contributed by atoms with van der Waals surface area (Å²) in [6.07, 6.45) is 6.81. The van der Waals surface area contributed by atoms with Crippen molar-refractivity contribution in [2.24, 2.45) is 0 Å². The topological polar surface area (TPSA) is 3.24 Å². The van der Waals surface area contributed by atoms with E-state index in [0.717, 1.165) is 11.5 Å². The third-order valence-corrected chi connectivity index (χ3v) is 1.25. The fourth-order valence-electron chi connectivity index (χ4n) is 0.648. The SMILES string of the molecule is CN1C=CCC(Cl)=C1. The van der Waals surface area contributed by atoms with Gasteiger partial charge in [-0.05, 0) is 6.20 Å². The molecule has 0 N–H and O–H groups in total. The second-order valence-corrected chi connectivity index (χ2v) is 2.32. The molecule has 0 amide bonds. The van der Waals surface area contributed by atoms with Crippen LogP contribution in [0.25, 0.3) is 0 Å². The smallest absolute Gasteiger partial charge is 0.0380 e. The molecule has 0 unspecified atom stereocenters. The summed E-state index contributed by atoms with van der Waals surface area (Å²) in [6.45, 7) is 0. The predicted molar refractivity (Wildman–Crippen MR) is 35.5 cm³/mol. The van der Waals surface area contributed by atoms with Crippen molar-refractivity contribution < 1.29 is 0 Å². The van der Waals surface area contributed by atoms with Crippen molar-refractivity contribution >= 4 is 11.6 Å². The van der Waals surface area contributed by atoms with Gasteiger partial charge in [0.15, 0.2) is 0 Å². The summed E-state index contributed by atoms with van der Waals surface area (Å²) in [5, 5.41) is 0.898. The molecule has 0 aromatic heterocycles. The molecular formula is C6H8ClN. The number of hydrogen-bond donors (Lipinski definition) is 0. The van der Waals surface area contributed by atoms with E-state index in [4.69, 9.17) is 11.6 Å². The maximum Gasteiger partial charge on any atom is 0.0380 e. The third-order valence-electron chi connectivity index (χ3n) is 0.997. The zero-order valence-electron chi connectivity index (χ0n) is 4.76. The third kappa shape index (κ3) is 1.27. The van der Waals surface area contributed by atoms with Crippen LogP contribution in [-0.4, -0.2) is 11.9 Å². The van der Waals surface area contributed by atoms with Crippen LogP contribution in [0.15, 0.2) is 23.5 Å². The number of halogens is 1. The number of rotatable bonds is 0. The molecule has 0 atom stereocenters. The van der Waals surface area contributed by atoms with Crippen molar-refractivity contribution in [3.8, 4) is 0 Å². The van der Waals surface area contributed by atoms with Crippen LogP contribution < -0.4 is 0 Å². The van der Waals surface area contributed by atoms with Gasteiger partial charge < -0.3 is 4.90 Å². The van der Waals surface area contributed by atoms with E-state index in [1.807, 2.05) is 30.4 Å². The van der Waals surface area contributed by atoms with E-state index in [2.05, 4.69) is 0 Å². The highest BCUT2D eigenvalue weighted by atomic mass is 35.5. The molecule has 44 valence electrons. The molecule has 0 bridgehead atoms. The summed E-state index contributed by atoms with van der Waals surface area (Å²) in [6, 6.07) is 0. The van der Waals surface area contributed by atoms with Gasteiger partial charge in [-0.2, -0.15) is 0 Å². The molecular weight excluding hydrogens is 122 g/mol. The molecule has 1 aliphatic rings. The zero-order chi connectivity index (χ0) is 5.98. The average Bonchev–Trinajstić information content (AvgIpc) is 1.64. The van der Waals surface area contributed by atoms with Gasteiger partial charge in [0.25, 0.3) is 0 Å². The van der Waals surface area contributed by atoms with E-state index in [-0.39, 0.29) is 0 Å². The predicted octanol–water partition coefficient (Wildman–Crippen LogP) is 1.92. The van der Waals surface area contributed by atoms with Gasteiger partial charge in [-0.3, -0.25) is 0 Å². The highest BCUT2D eigenvalue weighted by Crippen LogP contribution is 2.13. The molecule has 0 aromatic carbocycles. The van der Waals surface area contributed by atoms with Crippen molar-refractivity contribution in [3.63, 3.8) is 0 Å². The highest BCUT2D eigenvalue weighted by molar-refractivity contribution is 6.29. The number of nitrogens with zero attached hydrogens (tertiary/aromatic N) is 1. The molecule has 8 heavy (non-hydrogen) atoms. The van der Waals surface area contributed by atoms with Crippen LogP contribution in [-0.2, 0) is 0 Å². The van der Waals surface area contributed by atoms with Crippen LogP contribution in [0, 0.1) is 0 Å². The number of hydrogen-bond acceptors (Lipinski definition) is 1. The van der Waals surface area contributed by atoms with Gasteiger partial charge in [0.2, 0.25) is 0 Å². The quantitative estimate of drug-likeness (QED) is 0.483. The minimum atomic E-state index is 0.881. The van der Waals surface area contributed by atoms with Gasteiger partial charge in [0, 0.05) is 24.7 Å². The van der Waals surface area contributed by atoms with Crippen LogP contribution in [0.4, 0.5) is 0 Å². The van der Waals surface area contributed by atoms with Crippen LogP contribution in [0.5, 0.6) is 0 Å². The second kappa shape index (κ2) is 2.23. The summed E-state index contributed by atoms with van der Waals surface area (Å²) in [4.78, 5) is 1.94. The minimum absolute atomic E-state index is 0.881. The molecule has 0 aliphatic carbocycles. The molecule has 1 nitrogen and oxygen atoms in total. The van der Waals surface area contributed by atoms with Crippen molar-refractivity contribution in [2.75, 3.05) is 7.05 Å². The van der Waals surface area contributed by atoms with E-state index < -0.39 is 0 Å². The Labute approximate surface area is 54.2 Å². The summed E-state index contributed by atoms with van der Waals surface area (Å²) >= 11 is 5.68. The van der Waals surface area contributed by atoms with Crippen LogP contribution in [0.2, 0.25) is 0 Å². The Kier molecular flexibility index (Phi) is 1.59. The normalized spacial score (nSPS) is 18.8. The Bertz CT molecular complexity index is 137. The molecule has 1 heterocycles. The average molecular weight is 130 g/mol. The highest BCUT2D eigenvalue weighted by Gasteiger charge is 1.95. The lowest BCUT2D eigenvalue weighted by Crippen LogP contribution is -2.03. The Morgan fingerprint density at radius 3 is 2.88 bits per heavy atom. The molecule has 0 spiro atoms. The lowest BCUT2D eigenvalue weighted by Gasteiger charge is -2.11. The summed E-state index contributed by atoms with van der Waals surface area (Å²) in [5.41, 5.74) is 0. The van der Waals surface area contributed by atoms with E-state index in [1.54, 1.807) is 0 Å². The summed E-state index contributed by atoms with van der Waals surface area (Å²) < 4.78 is 0. The molecule has 0 radical (unpaired) electrons. The first-order chi connectivity index (χ1) is 3.79. The van der Waals surface area contributed by atoms with Crippen LogP contribution >= 0.6 is 11.6 Å². The van der Waals surface area contributed by atoms with Crippen molar-refractivity contribution in [1.82, 2.24) is 4.90 Å². The van der Waals surface area contributed by atoms with Gasteiger partial charge in [-0.1, -0.05) is 17.7 Å². The first kappa shape index (κ1) is 5.70. The lowest BCUT2D eigenvalue weighted by molar-refractivity contribution is 0.610. The summed E-state index contributed by atoms with van der Waals surface area (Å²) in [7, 11) is 1.96. The van der Waals surface area contributed by atoms with Gasteiger partial charge in [0.1, 0.15) is 0 Å². The van der Waals surface area contributed by atoms with E-state index in [0.29, 0.717) is 0 Å². The van der Waals surface area contributed by atoms with Crippen LogP contribution in [0.1, 0.15) is 6.42 Å². The Balaban J connectivity index is 2.60. The van der Waals surface area contributed by atoms with Gasteiger partial charge in [-0.25, -0.2) is 0 Å². The first-order valence-corrected chi connectivity index (χ1v) is 2.91. The molecule has 1 aliphatic heterocycles. The molecule has 0 saturated carbocycles. The van der Waals surface area contributed by atoms with Gasteiger partial charge >= 0.3 is 0 Å². The lowest BCUT2D eigenvalue weighted by atomic mass is 10.3. The largest absolute Gasteiger partial charge is 0.356 e. The summed E-state index contributed by atoms with van der Waals surface area (Å²) in [5.74, 6) is 0. The van der Waals surface area contributed by atoms with Crippen molar-refractivity contribution in [2.45, 2.75) is 6.42 Å². The van der Waals surface area contributed by atoms with Gasteiger partial charge in [-0.15, -0.1) is 0 Å². The van der Waals surface area contributed by atoms with Crippen molar-refractivity contribution in [3.05, 3.63) is 23.5 Å². The standard InChI is InChI=1S/C6H8ClN/c1-8-4-2-3-6(7)5-8/h2,4-5H,3H2,1H3. The Hall–Kier alpha value is -0.430. The second-order valence-electron chi connectivity index (χ2n) is 1.83. The van der Waals surface area contributed by atoms with E-state index in [1.165, 1.54) is 0 Å². The number of allylic oxidation sites excluding steroid dienone is 2. The van der Waals surface area contributed by atoms with E-state index >= 15 is 0 Å². The molecule has 1 rings (SSSR count). The van der Waals surface area contributed by atoms with Crippen molar-refractivity contribution in [1.29, 1.82) is 0 Å². The van der Waals surface area contributed by atoms with Gasteiger partial charge in [0.05, 0.1) is 0 Å². The maximum absolute atomic E-state index is 5.68. The molecule has 0 saturated heterocycles. The maximum atomic E-state index is 5.68. The van der Waals surface area contributed by atoms with E-state index in [9.17, 15) is 0 Å². The minimum Gasteiger partial charge on any atom is -0.356 e. The van der Waals surface area contributed by atoms with Crippen LogP contribution in [0.3, 0.4) is 0 Å². The molecule has 0 aromatic rings. The molecule has 0 fully saturated rings. The fourth-order valence-corrected chi connectivity index (χ4v) is 0.891. The Morgan fingerprint density at radius 2 is 2.50 bits per heavy atom. The Morgan fingerprint density at radius 1 is 1.75 bits per heavy atom. The fraction of sp³-hybridized carbons (Fsp3) is 0.333.